The van der Waals surface area contributed by atoms with Crippen LogP contribution in [-0.2, 0) is 24.8 Å². The lowest BCUT2D eigenvalue weighted by molar-refractivity contribution is 0.326. The highest BCUT2D eigenvalue weighted by Crippen LogP contribution is 2.39. The highest BCUT2D eigenvalue weighted by Gasteiger charge is 2.53. The van der Waals surface area contributed by atoms with Gasteiger partial charge in [0.1, 0.15) is 11.4 Å². The van der Waals surface area contributed by atoms with Gasteiger partial charge < -0.3 is 9.31 Å². The summed E-state index contributed by atoms with van der Waals surface area (Å²) in [6.45, 7) is 3.30. The van der Waals surface area contributed by atoms with Crippen LogP contribution in [-0.4, -0.2) is 44.4 Å². The first-order valence-electron chi connectivity index (χ1n) is 8.40. The Kier molecular flexibility index (Phi) is 4.09. The van der Waals surface area contributed by atoms with E-state index in [4.69, 9.17) is 15.7 Å². The molecule has 2 aliphatic heterocycles. The van der Waals surface area contributed by atoms with Gasteiger partial charge in [-0.1, -0.05) is 12.1 Å². The van der Waals surface area contributed by atoms with E-state index in [9.17, 15) is 8.42 Å². The van der Waals surface area contributed by atoms with Crippen LogP contribution in [0.2, 0.25) is 0 Å². The molecule has 2 aliphatic rings. The Labute approximate surface area is 158 Å². The Balaban J connectivity index is 1.68. The van der Waals surface area contributed by atoms with Crippen LogP contribution in [0.5, 0.6) is 0 Å². The molecule has 2 saturated heterocycles. The van der Waals surface area contributed by atoms with E-state index in [1.807, 2.05) is 0 Å². The molecule has 0 aliphatic carbocycles. The second-order valence-electron chi connectivity index (χ2n) is 6.58. The lowest BCUT2D eigenvalue weighted by Gasteiger charge is -2.11. The molecule has 0 spiro atoms. The zero-order valence-corrected chi connectivity index (χ0v) is 15.7. The average molecular weight is 379 g/mol. The molecule has 0 saturated carbocycles. The fraction of sp³-hybridized carbons (Fsp3) is 0.235. The highest BCUT2D eigenvalue weighted by molar-refractivity contribution is 7.92. The number of aromatic nitrogens is 2. The van der Waals surface area contributed by atoms with Crippen molar-refractivity contribution in [1.29, 1.82) is 0 Å². The number of benzene rings is 1. The van der Waals surface area contributed by atoms with Crippen LogP contribution in [0.3, 0.4) is 0 Å². The molecule has 10 heteroatoms. The zero-order valence-electron chi connectivity index (χ0n) is 14.8. The Morgan fingerprint density at radius 2 is 1.96 bits per heavy atom. The maximum atomic E-state index is 12.2. The van der Waals surface area contributed by atoms with Crippen LogP contribution in [0.25, 0.3) is 11.3 Å². The third-order valence-corrected chi connectivity index (χ3v) is 6.55. The van der Waals surface area contributed by atoms with Crippen molar-refractivity contribution in [2.45, 2.75) is 29.6 Å². The lowest BCUT2D eigenvalue weighted by Crippen LogP contribution is -2.14. The number of terminal acetylenes is 1. The van der Waals surface area contributed by atoms with E-state index in [-0.39, 0.29) is 4.90 Å². The molecule has 2 fully saturated rings. The largest absolute Gasteiger partial charge is 0.549 e. The van der Waals surface area contributed by atoms with Crippen LogP contribution in [0.4, 0.5) is 0 Å². The minimum absolute atomic E-state index is 0.272. The van der Waals surface area contributed by atoms with E-state index in [2.05, 4.69) is 20.9 Å². The molecule has 7 nitrogen and oxygen atoms in total. The van der Waals surface area contributed by atoms with Crippen molar-refractivity contribution in [3.05, 3.63) is 41.9 Å². The van der Waals surface area contributed by atoms with Gasteiger partial charge >= 0.3 is 15.0 Å². The van der Waals surface area contributed by atoms with E-state index in [0.29, 0.717) is 37.8 Å². The van der Waals surface area contributed by atoms with Gasteiger partial charge in [-0.15, -0.1) is 6.42 Å². The molecule has 0 bridgehead atoms. The minimum Gasteiger partial charge on any atom is -0.549 e. The first-order chi connectivity index (χ1) is 12.9. The van der Waals surface area contributed by atoms with Crippen molar-refractivity contribution in [2.24, 2.45) is 4.99 Å². The smallest absolute Gasteiger partial charge is 0.434 e. The molecule has 1 unspecified atom stereocenters. The van der Waals surface area contributed by atoms with Crippen molar-refractivity contribution in [3.8, 4) is 23.6 Å². The average Bonchev–Trinajstić information content (AvgIpc) is 3.60. The second-order valence-corrected chi connectivity index (χ2v) is 9.09. The molecule has 1 atom stereocenters. The maximum Gasteiger partial charge on any atom is 0.434 e. The summed E-state index contributed by atoms with van der Waals surface area (Å²) in [6, 6.07) is 6.53. The normalized spacial score (nSPS) is 21.8. The second kappa shape index (κ2) is 6.22. The minimum atomic E-state index is -3.32. The Bertz CT molecular complexity index is 1080. The van der Waals surface area contributed by atoms with Gasteiger partial charge in [0.05, 0.1) is 22.0 Å². The van der Waals surface area contributed by atoms with Gasteiger partial charge in [0, 0.05) is 5.56 Å². The van der Waals surface area contributed by atoms with E-state index in [1.54, 1.807) is 44.3 Å². The van der Waals surface area contributed by atoms with Crippen molar-refractivity contribution in [1.82, 2.24) is 9.97 Å². The van der Waals surface area contributed by atoms with Gasteiger partial charge in [-0.25, -0.2) is 18.4 Å². The number of hydrogen-bond donors (Lipinski definition) is 0. The van der Waals surface area contributed by atoms with E-state index in [1.165, 1.54) is 0 Å². The van der Waals surface area contributed by atoms with Crippen LogP contribution < -0.4 is 0 Å². The fourth-order valence-corrected chi connectivity index (χ4v) is 3.68. The molecule has 134 valence electrons. The summed E-state index contributed by atoms with van der Waals surface area (Å²) in [5, 5.41) is -0.484. The van der Waals surface area contributed by atoms with Gasteiger partial charge in [-0.3, -0.25) is 4.98 Å². The van der Waals surface area contributed by atoms with Crippen LogP contribution in [0.1, 0.15) is 25.2 Å². The Morgan fingerprint density at radius 3 is 2.48 bits per heavy atom. The molecule has 2 aromatic rings. The molecule has 3 heterocycles. The molecular formula is C17H15B2N3O4S. The van der Waals surface area contributed by atoms with Crippen molar-refractivity contribution in [2.75, 3.05) is 0 Å². The van der Waals surface area contributed by atoms with E-state index < -0.39 is 20.7 Å². The maximum absolute atomic E-state index is 12.2. The van der Waals surface area contributed by atoms with Crippen LogP contribution in [0.15, 0.2) is 40.4 Å². The third kappa shape index (κ3) is 3.24. The van der Waals surface area contributed by atoms with Crippen molar-refractivity contribution in [3.63, 3.8) is 0 Å². The van der Waals surface area contributed by atoms with E-state index in [0.717, 1.165) is 5.56 Å². The lowest BCUT2D eigenvalue weighted by atomic mass is 9.91. The molecule has 0 amide bonds. The summed E-state index contributed by atoms with van der Waals surface area (Å²) >= 11 is 0. The summed E-state index contributed by atoms with van der Waals surface area (Å²) in [7, 11) is -2.45. The number of nitrogens with zero attached hydrogens (tertiary/aromatic N) is 3. The highest BCUT2D eigenvalue weighted by atomic mass is 32.2. The van der Waals surface area contributed by atoms with Crippen molar-refractivity contribution >= 4 is 30.6 Å². The molecule has 4 rings (SSSR count). The van der Waals surface area contributed by atoms with Gasteiger partial charge in [0.2, 0.25) is 0 Å². The summed E-state index contributed by atoms with van der Waals surface area (Å²) < 4.78 is 35.0. The number of rotatable bonds is 5. The first-order valence-corrected chi connectivity index (χ1v) is 9.94. The van der Waals surface area contributed by atoms with Gasteiger partial charge in [-0.05, 0) is 31.9 Å². The summed E-state index contributed by atoms with van der Waals surface area (Å²) in [6.07, 6.45) is 7.20. The monoisotopic (exact) mass is 379 g/mol. The SMILES string of the molecule is C#Cc1nc(-c2ccc(S(=O)(=O)C(C)C)cc2)cnc1C1(/N=C2\BO2)BO1. The standard InChI is InChI=1S/C17H15B2N3O4S/c1-4-13-15(17(19-26-17)22-16-18-25-16)20-9-14(21-13)11-5-7-12(8-6-11)27(23,24)10(2)3/h1,5-10,18-19H,2-3H3/b22-16+. The summed E-state index contributed by atoms with van der Waals surface area (Å²) in [5.41, 5.74) is 1.20. The Hall–Kier alpha value is -2.63. The predicted octanol–water partition coefficient (Wildman–Crippen LogP) is 0.537. The van der Waals surface area contributed by atoms with Gasteiger partial charge in [0.15, 0.2) is 21.3 Å². The molecule has 0 radical (unpaired) electrons. The number of aliphatic imine (C=N–C) groups is 1. The van der Waals surface area contributed by atoms with Crippen LogP contribution in [0, 0.1) is 12.3 Å². The van der Waals surface area contributed by atoms with Crippen LogP contribution >= 0.6 is 0 Å². The van der Waals surface area contributed by atoms with Crippen molar-refractivity contribution < 1.29 is 17.7 Å². The molecule has 27 heavy (non-hydrogen) atoms. The van der Waals surface area contributed by atoms with E-state index >= 15 is 0 Å². The topological polar surface area (TPSA) is 97.3 Å². The zero-order chi connectivity index (χ0) is 19.2. The van der Waals surface area contributed by atoms with Gasteiger partial charge in [0.25, 0.3) is 0 Å². The van der Waals surface area contributed by atoms with Gasteiger partial charge in [-0.2, -0.15) is 0 Å². The fourth-order valence-electron chi connectivity index (χ4n) is 2.62. The Morgan fingerprint density at radius 1 is 1.30 bits per heavy atom. The third-order valence-electron chi connectivity index (χ3n) is 4.37. The molecule has 1 aromatic heterocycles. The molecular weight excluding hydrogens is 364 g/mol. The predicted molar refractivity (Wildman–Crippen MR) is 103 cm³/mol. The number of hydrogen-bond acceptors (Lipinski definition) is 7. The first kappa shape index (κ1) is 17.8. The quantitative estimate of drug-likeness (QED) is 0.427. The molecule has 0 N–H and O–H groups in total. The number of sulfone groups is 1. The summed E-state index contributed by atoms with van der Waals surface area (Å²) in [5.74, 6) is 3.15. The summed E-state index contributed by atoms with van der Waals surface area (Å²) in [4.78, 5) is 13.6. The molecule has 1 aromatic carbocycles.